The number of nitrogens with zero attached hydrogens (tertiary/aromatic N) is 1. The number of hydrogen-bond donors (Lipinski definition) is 1. The Balaban J connectivity index is 1.72. The smallest absolute Gasteiger partial charge is 0.287 e. The van der Waals surface area contributed by atoms with Gasteiger partial charge in [-0.3, -0.25) is 4.79 Å². The zero-order valence-electron chi connectivity index (χ0n) is 13.4. The van der Waals surface area contributed by atoms with Crippen LogP contribution in [0.2, 0.25) is 0 Å². The molecule has 0 aliphatic carbocycles. The number of carbonyl (C=O) groups excluding carboxylic acids is 1. The van der Waals surface area contributed by atoms with E-state index in [9.17, 15) is 13.2 Å². The summed E-state index contributed by atoms with van der Waals surface area (Å²) in [7, 11) is -3.65. The molecule has 2 aromatic rings. The minimum atomic E-state index is -3.65. The molecule has 1 aliphatic heterocycles. The normalized spacial score (nSPS) is 16.9. The second-order valence-corrected chi connectivity index (χ2v) is 7.70. The lowest BCUT2D eigenvalue weighted by Crippen LogP contribution is -2.28. The highest BCUT2D eigenvalue weighted by atomic mass is 32.2. The number of furan rings is 1. The molecule has 128 valence electrons. The molecule has 0 saturated carbocycles. The van der Waals surface area contributed by atoms with Crippen molar-refractivity contribution < 1.29 is 17.6 Å². The van der Waals surface area contributed by atoms with E-state index in [1.165, 1.54) is 16.4 Å². The zero-order valence-corrected chi connectivity index (χ0v) is 14.3. The van der Waals surface area contributed by atoms with Crippen LogP contribution in [-0.2, 0) is 10.0 Å². The molecular formula is C17H20N2O4S. The van der Waals surface area contributed by atoms with Crippen molar-refractivity contribution in [3.05, 3.63) is 53.8 Å². The fraction of sp³-hybridized carbons (Fsp3) is 0.353. The number of rotatable bonds is 5. The van der Waals surface area contributed by atoms with Crippen molar-refractivity contribution in [3.8, 4) is 0 Å². The van der Waals surface area contributed by atoms with E-state index in [0.29, 0.717) is 13.1 Å². The van der Waals surface area contributed by atoms with E-state index in [4.69, 9.17) is 4.42 Å². The number of nitrogens with one attached hydrogen (secondary N) is 1. The summed E-state index contributed by atoms with van der Waals surface area (Å²) in [6.07, 6.45) is 1.70. The Labute approximate surface area is 141 Å². The number of carbonyl (C=O) groups is 1. The molecular weight excluding hydrogens is 328 g/mol. The quantitative estimate of drug-likeness (QED) is 0.900. The molecule has 1 saturated heterocycles. The molecule has 3 rings (SSSR count). The summed E-state index contributed by atoms with van der Waals surface area (Å²) < 4.78 is 31.5. The van der Waals surface area contributed by atoms with Gasteiger partial charge >= 0.3 is 0 Å². The molecule has 2 heterocycles. The summed E-state index contributed by atoms with van der Waals surface area (Å²) in [5, 5.41) is 2.63. The molecule has 1 aromatic carbocycles. The molecule has 24 heavy (non-hydrogen) atoms. The van der Waals surface area contributed by atoms with E-state index < -0.39 is 15.9 Å². The molecule has 1 fully saturated rings. The Bertz CT molecular complexity index is 808. The Morgan fingerprint density at radius 2 is 1.79 bits per heavy atom. The Morgan fingerprint density at radius 1 is 1.12 bits per heavy atom. The lowest BCUT2D eigenvalue weighted by atomic mass is 10.1. The first kappa shape index (κ1) is 16.7. The van der Waals surface area contributed by atoms with E-state index in [2.05, 4.69) is 5.32 Å². The van der Waals surface area contributed by atoms with Gasteiger partial charge in [0.1, 0.15) is 0 Å². The first-order chi connectivity index (χ1) is 11.5. The third-order valence-electron chi connectivity index (χ3n) is 4.11. The van der Waals surface area contributed by atoms with Crippen molar-refractivity contribution in [1.29, 1.82) is 0 Å². The van der Waals surface area contributed by atoms with Gasteiger partial charge in [-0.1, -0.05) is 30.3 Å². The molecule has 0 bridgehead atoms. The van der Waals surface area contributed by atoms with Gasteiger partial charge < -0.3 is 9.73 Å². The minimum absolute atomic E-state index is 0.00412. The third-order valence-corrected chi connectivity index (χ3v) is 5.88. The highest BCUT2D eigenvalue weighted by molar-refractivity contribution is 7.89. The van der Waals surface area contributed by atoms with Gasteiger partial charge in [-0.05, 0) is 37.5 Å². The predicted molar refractivity (Wildman–Crippen MR) is 89.0 cm³/mol. The lowest BCUT2D eigenvalue weighted by Gasteiger charge is -2.14. The van der Waals surface area contributed by atoms with Crippen LogP contribution < -0.4 is 5.32 Å². The number of hydrogen-bond acceptors (Lipinski definition) is 4. The van der Waals surface area contributed by atoms with Crippen LogP contribution in [0.3, 0.4) is 0 Å². The molecule has 1 amide bonds. The summed E-state index contributed by atoms with van der Waals surface area (Å²) >= 11 is 0. The first-order valence-electron chi connectivity index (χ1n) is 7.94. The molecule has 1 aromatic heterocycles. The molecule has 6 nitrogen and oxygen atoms in total. The number of amides is 1. The Morgan fingerprint density at radius 3 is 2.46 bits per heavy atom. The van der Waals surface area contributed by atoms with Crippen molar-refractivity contribution in [3.63, 3.8) is 0 Å². The molecule has 0 unspecified atom stereocenters. The van der Waals surface area contributed by atoms with Crippen molar-refractivity contribution in [1.82, 2.24) is 9.62 Å². The molecule has 0 spiro atoms. The fourth-order valence-corrected chi connectivity index (χ4v) is 4.16. The largest absolute Gasteiger partial charge is 0.438 e. The van der Waals surface area contributed by atoms with Gasteiger partial charge in [-0.15, -0.1) is 0 Å². The highest BCUT2D eigenvalue weighted by Crippen LogP contribution is 2.23. The first-order valence-corrected chi connectivity index (χ1v) is 9.38. The Hall–Kier alpha value is -2.12. The van der Waals surface area contributed by atoms with Crippen LogP contribution in [0.4, 0.5) is 0 Å². The molecule has 1 N–H and O–H groups in total. The van der Waals surface area contributed by atoms with Crippen molar-refractivity contribution >= 4 is 15.9 Å². The summed E-state index contributed by atoms with van der Waals surface area (Å²) in [5.41, 5.74) is 0.960. The van der Waals surface area contributed by atoms with Gasteiger partial charge in [0.05, 0.1) is 6.04 Å². The third kappa shape index (κ3) is 3.37. The van der Waals surface area contributed by atoms with Crippen molar-refractivity contribution in [2.75, 3.05) is 13.1 Å². The maximum absolute atomic E-state index is 12.4. The van der Waals surface area contributed by atoms with Crippen molar-refractivity contribution in [2.45, 2.75) is 30.9 Å². The van der Waals surface area contributed by atoms with E-state index in [1.807, 2.05) is 37.3 Å². The summed E-state index contributed by atoms with van der Waals surface area (Å²) in [4.78, 5) is 12.3. The second-order valence-electron chi connectivity index (χ2n) is 5.84. The average Bonchev–Trinajstić information content (AvgIpc) is 3.27. The van der Waals surface area contributed by atoms with E-state index in [-0.39, 0.29) is 16.9 Å². The topological polar surface area (TPSA) is 79.6 Å². The van der Waals surface area contributed by atoms with E-state index in [1.54, 1.807) is 0 Å². The maximum atomic E-state index is 12.4. The zero-order chi connectivity index (χ0) is 17.2. The van der Waals surface area contributed by atoms with Gasteiger partial charge in [-0.2, -0.15) is 4.31 Å². The lowest BCUT2D eigenvalue weighted by molar-refractivity contribution is 0.0906. The van der Waals surface area contributed by atoms with Crippen molar-refractivity contribution in [2.24, 2.45) is 0 Å². The number of sulfonamides is 1. The van der Waals surface area contributed by atoms with E-state index >= 15 is 0 Å². The molecule has 1 aliphatic rings. The summed E-state index contributed by atoms with van der Waals surface area (Å²) in [6.45, 7) is 2.85. The summed E-state index contributed by atoms with van der Waals surface area (Å²) in [5.74, 6) is -0.440. The van der Waals surface area contributed by atoms with Gasteiger partial charge in [0.15, 0.2) is 5.76 Å². The monoisotopic (exact) mass is 348 g/mol. The molecule has 7 heteroatoms. The molecule has 1 atom stereocenters. The van der Waals surface area contributed by atoms with Gasteiger partial charge in [0.25, 0.3) is 15.9 Å². The second kappa shape index (κ2) is 6.78. The molecule has 0 radical (unpaired) electrons. The predicted octanol–water partition coefficient (Wildman–Crippen LogP) is 2.56. The van der Waals surface area contributed by atoms with Crippen LogP contribution in [0.1, 0.15) is 41.9 Å². The van der Waals surface area contributed by atoms with Crippen LogP contribution >= 0.6 is 0 Å². The minimum Gasteiger partial charge on any atom is -0.438 e. The van der Waals surface area contributed by atoms with E-state index in [0.717, 1.165) is 18.4 Å². The fourth-order valence-electron chi connectivity index (χ4n) is 2.73. The van der Waals surface area contributed by atoms with Crippen LogP contribution in [0, 0.1) is 0 Å². The Kier molecular flexibility index (Phi) is 4.73. The maximum Gasteiger partial charge on any atom is 0.287 e. The van der Waals surface area contributed by atoms with Gasteiger partial charge in [-0.25, -0.2) is 8.42 Å². The van der Waals surface area contributed by atoms with Crippen LogP contribution in [0.25, 0.3) is 0 Å². The average molecular weight is 348 g/mol. The number of benzene rings is 1. The SMILES string of the molecule is C[C@@H](NC(=O)c1ccc(S(=O)(=O)N2CCCC2)o1)c1ccccc1. The van der Waals surface area contributed by atoms with Crippen LogP contribution in [0.15, 0.2) is 52.0 Å². The summed E-state index contributed by atoms with van der Waals surface area (Å²) in [6, 6.07) is 12.1. The standard InChI is InChI=1S/C17H20N2O4S/c1-13(14-7-3-2-4-8-14)18-17(20)15-9-10-16(23-15)24(21,22)19-11-5-6-12-19/h2-4,7-10,13H,5-6,11-12H2,1H3,(H,18,20)/t13-/m1/s1. The highest BCUT2D eigenvalue weighted by Gasteiger charge is 2.30. The van der Waals surface area contributed by atoms with Gasteiger partial charge in [0.2, 0.25) is 5.09 Å². The van der Waals surface area contributed by atoms with Gasteiger partial charge in [0, 0.05) is 13.1 Å². The van der Waals surface area contributed by atoms with Crippen LogP contribution in [0.5, 0.6) is 0 Å². The van der Waals surface area contributed by atoms with Crippen LogP contribution in [-0.4, -0.2) is 31.7 Å².